The van der Waals surface area contributed by atoms with Gasteiger partial charge in [0.15, 0.2) is 0 Å². The lowest BCUT2D eigenvalue weighted by molar-refractivity contribution is 0.117. The monoisotopic (exact) mass is 222 g/mol. The SMILES string of the molecule is CCC1CCCCC1N1CC2CNCC2C1. The first-order valence-electron chi connectivity index (χ1n) is 7.33. The van der Waals surface area contributed by atoms with Gasteiger partial charge >= 0.3 is 0 Å². The molecule has 16 heavy (non-hydrogen) atoms. The Kier molecular flexibility index (Phi) is 3.21. The summed E-state index contributed by atoms with van der Waals surface area (Å²) in [5.41, 5.74) is 0. The number of fused-ring (bicyclic) bond motifs is 1. The molecule has 1 aliphatic carbocycles. The van der Waals surface area contributed by atoms with Gasteiger partial charge in [0, 0.05) is 19.1 Å². The zero-order valence-electron chi connectivity index (χ0n) is 10.6. The molecule has 92 valence electrons. The third-order valence-corrected chi connectivity index (χ3v) is 5.28. The van der Waals surface area contributed by atoms with E-state index in [9.17, 15) is 0 Å². The maximum atomic E-state index is 3.55. The smallest absolute Gasteiger partial charge is 0.0124 e. The maximum absolute atomic E-state index is 3.55. The fourth-order valence-electron chi connectivity index (χ4n) is 4.31. The molecule has 0 aromatic carbocycles. The Hall–Kier alpha value is -0.0800. The van der Waals surface area contributed by atoms with Crippen LogP contribution in [0.1, 0.15) is 39.0 Å². The van der Waals surface area contributed by atoms with E-state index >= 15 is 0 Å². The highest BCUT2D eigenvalue weighted by Crippen LogP contribution is 2.36. The van der Waals surface area contributed by atoms with Gasteiger partial charge in [0.05, 0.1) is 0 Å². The summed E-state index contributed by atoms with van der Waals surface area (Å²) in [5, 5.41) is 3.55. The van der Waals surface area contributed by atoms with Gasteiger partial charge in [-0.05, 0) is 43.7 Å². The molecule has 0 radical (unpaired) electrons. The zero-order chi connectivity index (χ0) is 11.0. The second-order valence-electron chi connectivity index (χ2n) is 6.15. The van der Waals surface area contributed by atoms with Crippen molar-refractivity contribution in [2.45, 2.75) is 45.1 Å². The molecule has 1 N–H and O–H groups in total. The van der Waals surface area contributed by atoms with Crippen molar-refractivity contribution in [3.63, 3.8) is 0 Å². The zero-order valence-corrected chi connectivity index (χ0v) is 10.6. The van der Waals surface area contributed by atoms with E-state index in [-0.39, 0.29) is 0 Å². The highest BCUT2D eigenvalue weighted by atomic mass is 15.2. The van der Waals surface area contributed by atoms with Crippen LogP contribution in [-0.2, 0) is 0 Å². The van der Waals surface area contributed by atoms with E-state index in [4.69, 9.17) is 0 Å². The molecule has 0 amide bonds. The molecule has 2 aliphatic heterocycles. The Bertz CT molecular complexity index is 229. The molecule has 3 aliphatic rings. The van der Waals surface area contributed by atoms with Crippen LogP contribution in [0.3, 0.4) is 0 Å². The molecule has 0 aromatic heterocycles. The highest BCUT2D eigenvalue weighted by Gasteiger charge is 2.40. The quantitative estimate of drug-likeness (QED) is 0.770. The number of hydrogen-bond donors (Lipinski definition) is 1. The van der Waals surface area contributed by atoms with Crippen LogP contribution in [-0.4, -0.2) is 37.1 Å². The molecule has 1 saturated carbocycles. The number of rotatable bonds is 2. The van der Waals surface area contributed by atoms with E-state index in [0.29, 0.717) is 0 Å². The van der Waals surface area contributed by atoms with Crippen LogP contribution in [0.4, 0.5) is 0 Å². The number of nitrogens with zero attached hydrogens (tertiary/aromatic N) is 1. The van der Waals surface area contributed by atoms with Crippen LogP contribution in [0, 0.1) is 17.8 Å². The first-order valence-corrected chi connectivity index (χ1v) is 7.33. The van der Waals surface area contributed by atoms with Crippen molar-refractivity contribution in [2.75, 3.05) is 26.2 Å². The van der Waals surface area contributed by atoms with Crippen LogP contribution in [0.5, 0.6) is 0 Å². The average Bonchev–Trinajstić information content (AvgIpc) is 2.89. The second-order valence-corrected chi connectivity index (χ2v) is 6.15. The van der Waals surface area contributed by atoms with Gasteiger partial charge in [-0.2, -0.15) is 0 Å². The fraction of sp³-hybridized carbons (Fsp3) is 1.00. The molecule has 0 bridgehead atoms. The molecule has 2 heteroatoms. The summed E-state index contributed by atoms with van der Waals surface area (Å²) in [5.74, 6) is 2.94. The average molecular weight is 222 g/mol. The first-order chi connectivity index (χ1) is 7.88. The van der Waals surface area contributed by atoms with Crippen molar-refractivity contribution in [1.82, 2.24) is 10.2 Å². The summed E-state index contributed by atoms with van der Waals surface area (Å²) in [4.78, 5) is 2.85. The van der Waals surface area contributed by atoms with E-state index < -0.39 is 0 Å². The van der Waals surface area contributed by atoms with E-state index in [2.05, 4.69) is 17.1 Å². The van der Waals surface area contributed by atoms with Crippen molar-refractivity contribution >= 4 is 0 Å². The topological polar surface area (TPSA) is 15.3 Å². The summed E-state index contributed by atoms with van der Waals surface area (Å²) in [6.07, 6.45) is 7.33. The maximum Gasteiger partial charge on any atom is 0.0124 e. The summed E-state index contributed by atoms with van der Waals surface area (Å²) in [6.45, 7) is 7.73. The summed E-state index contributed by atoms with van der Waals surface area (Å²) < 4.78 is 0. The lowest BCUT2D eigenvalue weighted by Gasteiger charge is -2.38. The van der Waals surface area contributed by atoms with E-state index in [0.717, 1.165) is 23.8 Å². The van der Waals surface area contributed by atoms with Crippen LogP contribution in [0.2, 0.25) is 0 Å². The molecule has 0 spiro atoms. The van der Waals surface area contributed by atoms with E-state index in [1.807, 2.05) is 0 Å². The van der Waals surface area contributed by atoms with Gasteiger partial charge < -0.3 is 5.32 Å². The van der Waals surface area contributed by atoms with Crippen LogP contribution in [0.25, 0.3) is 0 Å². The molecule has 3 fully saturated rings. The molecule has 2 heterocycles. The Morgan fingerprint density at radius 2 is 1.75 bits per heavy atom. The fourth-order valence-corrected chi connectivity index (χ4v) is 4.31. The molecule has 4 atom stereocenters. The van der Waals surface area contributed by atoms with Gasteiger partial charge in [-0.25, -0.2) is 0 Å². The summed E-state index contributed by atoms with van der Waals surface area (Å²) in [7, 11) is 0. The minimum absolute atomic E-state index is 0.935. The van der Waals surface area contributed by atoms with Gasteiger partial charge in [-0.1, -0.05) is 26.2 Å². The Morgan fingerprint density at radius 1 is 1.06 bits per heavy atom. The molecule has 2 nitrogen and oxygen atoms in total. The van der Waals surface area contributed by atoms with Crippen LogP contribution < -0.4 is 5.32 Å². The molecule has 2 saturated heterocycles. The molecule has 0 aromatic rings. The van der Waals surface area contributed by atoms with Gasteiger partial charge in [0.2, 0.25) is 0 Å². The summed E-state index contributed by atoms with van der Waals surface area (Å²) >= 11 is 0. The standard InChI is InChI=1S/C14H26N2/c1-2-11-5-3-4-6-14(11)16-9-12-7-15-8-13(12)10-16/h11-15H,2-10H2,1H3. The third-order valence-electron chi connectivity index (χ3n) is 5.28. The first kappa shape index (κ1) is 11.0. The van der Waals surface area contributed by atoms with Crippen LogP contribution >= 0.6 is 0 Å². The number of hydrogen-bond acceptors (Lipinski definition) is 2. The van der Waals surface area contributed by atoms with Crippen molar-refractivity contribution < 1.29 is 0 Å². The van der Waals surface area contributed by atoms with Crippen molar-refractivity contribution in [3.8, 4) is 0 Å². The van der Waals surface area contributed by atoms with Gasteiger partial charge in [-0.3, -0.25) is 4.90 Å². The predicted octanol–water partition coefficient (Wildman–Crippen LogP) is 2.11. The Labute approximate surface area is 99.8 Å². The predicted molar refractivity (Wildman–Crippen MR) is 67.5 cm³/mol. The molecule has 4 unspecified atom stereocenters. The lowest BCUT2D eigenvalue weighted by Crippen LogP contribution is -2.42. The van der Waals surface area contributed by atoms with Crippen molar-refractivity contribution in [2.24, 2.45) is 17.8 Å². The molecule has 3 rings (SSSR count). The van der Waals surface area contributed by atoms with Gasteiger partial charge in [0.1, 0.15) is 0 Å². The molecular formula is C14H26N2. The Balaban J connectivity index is 1.64. The van der Waals surface area contributed by atoms with Gasteiger partial charge in [0.25, 0.3) is 0 Å². The van der Waals surface area contributed by atoms with E-state index in [1.54, 1.807) is 0 Å². The van der Waals surface area contributed by atoms with Crippen LogP contribution in [0.15, 0.2) is 0 Å². The third kappa shape index (κ3) is 1.91. The minimum atomic E-state index is 0.935. The Morgan fingerprint density at radius 3 is 2.44 bits per heavy atom. The highest BCUT2D eigenvalue weighted by molar-refractivity contribution is 4.95. The minimum Gasteiger partial charge on any atom is -0.316 e. The van der Waals surface area contributed by atoms with Crippen molar-refractivity contribution in [3.05, 3.63) is 0 Å². The van der Waals surface area contributed by atoms with Crippen molar-refractivity contribution in [1.29, 1.82) is 0 Å². The normalized spacial score (nSPS) is 44.8. The number of nitrogens with one attached hydrogen (secondary N) is 1. The lowest BCUT2D eigenvalue weighted by atomic mass is 9.82. The summed E-state index contributed by atoms with van der Waals surface area (Å²) in [6, 6.07) is 0.935. The molecular weight excluding hydrogens is 196 g/mol. The van der Waals surface area contributed by atoms with Gasteiger partial charge in [-0.15, -0.1) is 0 Å². The second kappa shape index (κ2) is 4.66. The van der Waals surface area contributed by atoms with E-state index in [1.165, 1.54) is 58.3 Å². The number of likely N-dealkylation sites (tertiary alicyclic amines) is 1. The largest absolute Gasteiger partial charge is 0.316 e.